The maximum atomic E-state index is 10.5. The van der Waals surface area contributed by atoms with E-state index in [-0.39, 0.29) is 11.5 Å². The van der Waals surface area contributed by atoms with E-state index in [1.807, 2.05) is 20.8 Å². The fourth-order valence-corrected chi connectivity index (χ4v) is 2.10. The van der Waals surface area contributed by atoms with Crippen LogP contribution in [0.1, 0.15) is 33.6 Å². The summed E-state index contributed by atoms with van der Waals surface area (Å²) in [4.78, 5) is 10.5. The summed E-state index contributed by atoms with van der Waals surface area (Å²) in [6.45, 7) is 5.80. The zero-order valence-electron chi connectivity index (χ0n) is 8.79. The molecule has 2 N–H and O–H groups in total. The summed E-state index contributed by atoms with van der Waals surface area (Å²) >= 11 is 0. The monoisotopic (exact) mass is 196 g/mol. The Morgan fingerprint density at radius 3 is 2.50 bits per heavy atom. The van der Waals surface area contributed by atoms with Gasteiger partial charge in [0.25, 0.3) is 0 Å². The van der Waals surface area contributed by atoms with Crippen LogP contribution in [0.2, 0.25) is 0 Å². The number of carbonyl (C=O) groups is 1. The van der Waals surface area contributed by atoms with E-state index in [0.717, 1.165) is 12.8 Å². The highest BCUT2D eigenvalue weighted by Crippen LogP contribution is 2.51. The maximum Gasteiger partial charge on any atom is 0.404 e. The molecular formula is C10H16N2O2. The molecule has 2 atom stereocenters. The van der Waals surface area contributed by atoms with Crippen molar-refractivity contribution < 1.29 is 9.90 Å². The van der Waals surface area contributed by atoms with Crippen LogP contribution >= 0.6 is 0 Å². The van der Waals surface area contributed by atoms with Gasteiger partial charge in [-0.25, -0.2) is 4.79 Å². The second-order valence-corrected chi connectivity index (χ2v) is 4.71. The lowest BCUT2D eigenvalue weighted by Crippen LogP contribution is -2.45. The molecule has 0 aliphatic heterocycles. The molecule has 0 aromatic carbocycles. The van der Waals surface area contributed by atoms with E-state index in [9.17, 15) is 4.79 Å². The Morgan fingerprint density at radius 1 is 1.57 bits per heavy atom. The van der Waals surface area contributed by atoms with Gasteiger partial charge in [-0.05, 0) is 19.8 Å². The SMILES string of the molecule is CC1(C)C(NC(=O)O)CC[C@]1(C)C#N. The number of rotatable bonds is 1. The molecule has 1 aliphatic rings. The molecule has 0 heterocycles. The number of nitrogens with zero attached hydrogens (tertiary/aromatic N) is 1. The molecule has 0 radical (unpaired) electrons. The van der Waals surface area contributed by atoms with Crippen LogP contribution in [-0.4, -0.2) is 17.2 Å². The summed E-state index contributed by atoms with van der Waals surface area (Å²) in [5, 5.41) is 20.2. The minimum absolute atomic E-state index is 0.121. The van der Waals surface area contributed by atoms with Crippen LogP contribution in [0.4, 0.5) is 4.79 Å². The van der Waals surface area contributed by atoms with Crippen molar-refractivity contribution in [3.63, 3.8) is 0 Å². The summed E-state index contributed by atoms with van der Waals surface area (Å²) in [5.74, 6) is 0. The summed E-state index contributed by atoms with van der Waals surface area (Å²) in [6.07, 6.45) is 0.482. The summed E-state index contributed by atoms with van der Waals surface area (Å²) < 4.78 is 0. The van der Waals surface area contributed by atoms with Crippen LogP contribution in [-0.2, 0) is 0 Å². The van der Waals surface area contributed by atoms with Crippen LogP contribution in [0.15, 0.2) is 0 Å². The first-order chi connectivity index (χ1) is 6.33. The molecule has 0 aromatic rings. The quantitative estimate of drug-likeness (QED) is 0.673. The normalized spacial score (nSPS) is 34.9. The third-order valence-electron chi connectivity index (χ3n) is 3.77. The van der Waals surface area contributed by atoms with Gasteiger partial charge in [-0.3, -0.25) is 0 Å². The average molecular weight is 196 g/mol. The van der Waals surface area contributed by atoms with Gasteiger partial charge in [-0.1, -0.05) is 13.8 Å². The predicted molar refractivity (Wildman–Crippen MR) is 51.7 cm³/mol. The van der Waals surface area contributed by atoms with Crippen molar-refractivity contribution in [1.29, 1.82) is 5.26 Å². The minimum Gasteiger partial charge on any atom is -0.465 e. The smallest absolute Gasteiger partial charge is 0.404 e. The van der Waals surface area contributed by atoms with E-state index in [4.69, 9.17) is 10.4 Å². The zero-order valence-corrected chi connectivity index (χ0v) is 8.79. The number of amides is 1. The molecule has 1 amide bonds. The molecule has 1 saturated carbocycles. The van der Waals surface area contributed by atoms with Crippen LogP contribution in [0.25, 0.3) is 0 Å². The third kappa shape index (κ3) is 1.43. The summed E-state index contributed by atoms with van der Waals surface area (Å²) in [7, 11) is 0. The molecule has 14 heavy (non-hydrogen) atoms. The lowest BCUT2D eigenvalue weighted by molar-refractivity contribution is 0.145. The first-order valence-electron chi connectivity index (χ1n) is 4.74. The number of carboxylic acid groups (broad SMARTS) is 1. The van der Waals surface area contributed by atoms with Gasteiger partial charge >= 0.3 is 6.09 Å². The highest BCUT2D eigenvalue weighted by molar-refractivity contribution is 5.65. The van der Waals surface area contributed by atoms with E-state index in [0.29, 0.717) is 0 Å². The number of nitriles is 1. The van der Waals surface area contributed by atoms with Gasteiger partial charge in [0.15, 0.2) is 0 Å². The molecule has 0 aromatic heterocycles. The second-order valence-electron chi connectivity index (χ2n) is 4.71. The van der Waals surface area contributed by atoms with Crippen molar-refractivity contribution in [2.45, 2.75) is 39.7 Å². The van der Waals surface area contributed by atoms with E-state index >= 15 is 0 Å². The van der Waals surface area contributed by atoms with Crippen molar-refractivity contribution in [2.24, 2.45) is 10.8 Å². The van der Waals surface area contributed by atoms with Crippen LogP contribution in [0.3, 0.4) is 0 Å². The summed E-state index contributed by atoms with van der Waals surface area (Å²) in [6, 6.07) is 2.18. The van der Waals surface area contributed by atoms with Gasteiger partial charge in [-0.2, -0.15) is 5.26 Å². The van der Waals surface area contributed by atoms with Crippen molar-refractivity contribution in [1.82, 2.24) is 5.32 Å². The standard InChI is InChI=1S/C10H16N2O2/c1-9(2)7(12-8(13)14)4-5-10(9,3)6-11/h7,12H,4-5H2,1-3H3,(H,13,14)/t7?,10-/m1/s1. The first kappa shape index (κ1) is 10.8. The van der Waals surface area contributed by atoms with Gasteiger partial charge in [0.1, 0.15) is 0 Å². The van der Waals surface area contributed by atoms with Gasteiger partial charge in [0, 0.05) is 11.5 Å². The molecule has 1 aliphatic carbocycles. The first-order valence-corrected chi connectivity index (χ1v) is 4.74. The Bertz CT molecular complexity index is 293. The Labute approximate surface area is 83.9 Å². The molecule has 0 spiro atoms. The third-order valence-corrected chi connectivity index (χ3v) is 3.77. The van der Waals surface area contributed by atoms with E-state index in [1.54, 1.807) is 0 Å². The van der Waals surface area contributed by atoms with Crippen molar-refractivity contribution in [2.75, 3.05) is 0 Å². The number of hydrogen-bond acceptors (Lipinski definition) is 2. The van der Waals surface area contributed by atoms with Crippen LogP contribution in [0, 0.1) is 22.2 Å². The highest BCUT2D eigenvalue weighted by Gasteiger charge is 2.52. The van der Waals surface area contributed by atoms with Crippen molar-refractivity contribution >= 4 is 6.09 Å². The number of nitrogens with one attached hydrogen (secondary N) is 1. The Hall–Kier alpha value is -1.24. The van der Waals surface area contributed by atoms with E-state index in [1.165, 1.54) is 0 Å². The molecular weight excluding hydrogens is 180 g/mol. The lowest BCUT2D eigenvalue weighted by atomic mass is 9.69. The second kappa shape index (κ2) is 3.16. The van der Waals surface area contributed by atoms with Crippen molar-refractivity contribution in [3.05, 3.63) is 0 Å². The molecule has 4 nitrogen and oxygen atoms in total. The Kier molecular flexibility index (Phi) is 2.45. The van der Waals surface area contributed by atoms with Crippen LogP contribution in [0.5, 0.6) is 0 Å². The van der Waals surface area contributed by atoms with E-state index < -0.39 is 11.5 Å². The van der Waals surface area contributed by atoms with E-state index in [2.05, 4.69) is 11.4 Å². The molecule has 1 unspecified atom stereocenters. The fraction of sp³-hybridized carbons (Fsp3) is 0.800. The summed E-state index contributed by atoms with van der Waals surface area (Å²) in [5.41, 5.74) is -0.736. The van der Waals surface area contributed by atoms with Gasteiger partial charge in [-0.15, -0.1) is 0 Å². The Balaban J connectivity index is 2.87. The molecule has 0 bridgehead atoms. The molecule has 1 rings (SSSR count). The zero-order chi connectivity index (χ0) is 11.0. The minimum atomic E-state index is -1.01. The predicted octanol–water partition coefficient (Wildman–Crippen LogP) is 1.97. The van der Waals surface area contributed by atoms with Crippen molar-refractivity contribution in [3.8, 4) is 6.07 Å². The van der Waals surface area contributed by atoms with Crippen LogP contribution < -0.4 is 5.32 Å². The Morgan fingerprint density at radius 2 is 2.14 bits per heavy atom. The average Bonchev–Trinajstić information content (AvgIpc) is 2.29. The topological polar surface area (TPSA) is 73.1 Å². The maximum absolute atomic E-state index is 10.5. The molecule has 1 fully saturated rings. The van der Waals surface area contributed by atoms with Gasteiger partial charge in [0.05, 0.1) is 11.5 Å². The molecule has 4 heteroatoms. The highest BCUT2D eigenvalue weighted by atomic mass is 16.4. The lowest BCUT2D eigenvalue weighted by Gasteiger charge is -2.36. The largest absolute Gasteiger partial charge is 0.465 e. The number of hydrogen-bond donors (Lipinski definition) is 2. The molecule has 0 saturated heterocycles. The van der Waals surface area contributed by atoms with Gasteiger partial charge < -0.3 is 10.4 Å². The fourth-order valence-electron chi connectivity index (χ4n) is 2.10. The molecule has 78 valence electrons. The van der Waals surface area contributed by atoms with Gasteiger partial charge in [0.2, 0.25) is 0 Å².